The van der Waals surface area contributed by atoms with Crippen LogP contribution in [0.1, 0.15) is 25.3 Å². The average molecular weight is 279 g/mol. The standard InChI is InChI=1S/C15H18FNO3/c1-2-13(5-6-18)17-15(19)11-7-10-8-12(16)3-4-14(10)20-9-11/h3-4,7-8,13,18H,2,5-6,9H2,1H3,(H,17,19). The molecule has 1 atom stereocenters. The minimum absolute atomic E-state index is 0.0301. The highest BCUT2D eigenvalue weighted by molar-refractivity contribution is 5.99. The van der Waals surface area contributed by atoms with Gasteiger partial charge < -0.3 is 15.2 Å². The molecule has 0 bridgehead atoms. The van der Waals surface area contributed by atoms with Crippen molar-refractivity contribution in [2.45, 2.75) is 25.8 Å². The largest absolute Gasteiger partial charge is 0.488 e. The molecule has 2 rings (SSSR count). The molecule has 4 nitrogen and oxygen atoms in total. The zero-order valence-corrected chi connectivity index (χ0v) is 11.4. The van der Waals surface area contributed by atoms with Crippen LogP contribution in [0.25, 0.3) is 6.08 Å². The summed E-state index contributed by atoms with van der Waals surface area (Å²) in [6.07, 6.45) is 2.90. The second kappa shape index (κ2) is 6.52. The van der Waals surface area contributed by atoms with Crippen LogP contribution < -0.4 is 10.1 Å². The number of hydrogen-bond acceptors (Lipinski definition) is 3. The van der Waals surface area contributed by atoms with Crippen LogP contribution in [0.2, 0.25) is 0 Å². The maximum Gasteiger partial charge on any atom is 0.250 e. The first-order valence-corrected chi connectivity index (χ1v) is 6.68. The fourth-order valence-corrected chi connectivity index (χ4v) is 2.09. The molecule has 20 heavy (non-hydrogen) atoms. The molecule has 0 saturated heterocycles. The van der Waals surface area contributed by atoms with E-state index in [1.807, 2.05) is 6.92 Å². The molecular formula is C15H18FNO3. The van der Waals surface area contributed by atoms with E-state index in [0.29, 0.717) is 23.3 Å². The topological polar surface area (TPSA) is 58.6 Å². The van der Waals surface area contributed by atoms with Crippen molar-refractivity contribution in [3.63, 3.8) is 0 Å². The molecule has 0 radical (unpaired) electrons. The third-order valence-corrected chi connectivity index (χ3v) is 3.28. The highest BCUT2D eigenvalue weighted by Gasteiger charge is 2.19. The van der Waals surface area contributed by atoms with Crippen LogP contribution in [0.3, 0.4) is 0 Å². The van der Waals surface area contributed by atoms with Crippen molar-refractivity contribution in [3.05, 3.63) is 35.2 Å². The lowest BCUT2D eigenvalue weighted by Gasteiger charge is -2.20. The Hall–Kier alpha value is -1.88. The van der Waals surface area contributed by atoms with Gasteiger partial charge in [-0.25, -0.2) is 4.39 Å². The van der Waals surface area contributed by atoms with Crippen LogP contribution in [-0.2, 0) is 4.79 Å². The molecule has 5 heteroatoms. The quantitative estimate of drug-likeness (QED) is 0.865. The lowest BCUT2D eigenvalue weighted by Crippen LogP contribution is -2.37. The molecule has 1 aromatic rings. The van der Waals surface area contributed by atoms with Gasteiger partial charge in [0.1, 0.15) is 18.2 Å². The number of amides is 1. The first kappa shape index (κ1) is 14.5. The van der Waals surface area contributed by atoms with Gasteiger partial charge in [-0.2, -0.15) is 0 Å². The summed E-state index contributed by atoms with van der Waals surface area (Å²) in [5.41, 5.74) is 1.02. The summed E-state index contributed by atoms with van der Waals surface area (Å²) >= 11 is 0. The summed E-state index contributed by atoms with van der Waals surface area (Å²) in [7, 11) is 0. The molecule has 1 heterocycles. The smallest absolute Gasteiger partial charge is 0.250 e. The number of nitrogens with one attached hydrogen (secondary N) is 1. The number of rotatable bonds is 5. The van der Waals surface area contributed by atoms with E-state index in [1.54, 1.807) is 12.1 Å². The summed E-state index contributed by atoms with van der Waals surface area (Å²) in [6, 6.07) is 4.15. The Morgan fingerprint density at radius 3 is 3.05 bits per heavy atom. The Balaban J connectivity index is 2.11. The van der Waals surface area contributed by atoms with E-state index in [4.69, 9.17) is 9.84 Å². The van der Waals surface area contributed by atoms with Gasteiger partial charge in [-0.15, -0.1) is 0 Å². The van der Waals surface area contributed by atoms with Crippen LogP contribution in [0, 0.1) is 5.82 Å². The molecule has 2 N–H and O–H groups in total. The van der Waals surface area contributed by atoms with Crippen molar-refractivity contribution >= 4 is 12.0 Å². The number of hydrogen-bond donors (Lipinski definition) is 2. The zero-order chi connectivity index (χ0) is 14.5. The van der Waals surface area contributed by atoms with Gasteiger partial charge in [-0.1, -0.05) is 6.92 Å². The highest BCUT2D eigenvalue weighted by Crippen LogP contribution is 2.27. The molecular weight excluding hydrogens is 261 g/mol. The molecule has 0 spiro atoms. The van der Waals surface area contributed by atoms with E-state index in [2.05, 4.69) is 5.32 Å². The van der Waals surface area contributed by atoms with E-state index in [0.717, 1.165) is 6.42 Å². The molecule has 0 aliphatic carbocycles. The monoisotopic (exact) mass is 279 g/mol. The fourth-order valence-electron chi connectivity index (χ4n) is 2.09. The van der Waals surface area contributed by atoms with Crippen LogP contribution in [-0.4, -0.2) is 30.3 Å². The maximum absolute atomic E-state index is 13.2. The normalized spacial score (nSPS) is 14.8. The summed E-state index contributed by atoms with van der Waals surface area (Å²) in [5, 5.41) is 11.8. The molecule has 1 aliphatic heterocycles. The summed E-state index contributed by atoms with van der Waals surface area (Å²) in [4.78, 5) is 12.1. The third-order valence-electron chi connectivity index (χ3n) is 3.28. The maximum atomic E-state index is 13.2. The Kier molecular flexibility index (Phi) is 4.74. The van der Waals surface area contributed by atoms with E-state index in [9.17, 15) is 9.18 Å². The summed E-state index contributed by atoms with van der Waals surface area (Å²) in [5.74, 6) is -0.0254. The van der Waals surface area contributed by atoms with Crippen LogP contribution in [0.5, 0.6) is 5.75 Å². The molecule has 1 aliphatic rings. The van der Waals surface area contributed by atoms with E-state index >= 15 is 0 Å². The number of ether oxygens (including phenoxy) is 1. The van der Waals surface area contributed by atoms with Crippen molar-refractivity contribution in [3.8, 4) is 5.75 Å². The van der Waals surface area contributed by atoms with E-state index in [1.165, 1.54) is 12.1 Å². The minimum Gasteiger partial charge on any atom is -0.488 e. The van der Waals surface area contributed by atoms with Crippen LogP contribution in [0.4, 0.5) is 4.39 Å². The predicted molar refractivity (Wildman–Crippen MR) is 73.8 cm³/mol. The van der Waals surface area contributed by atoms with Crippen molar-refractivity contribution in [2.24, 2.45) is 0 Å². The summed E-state index contributed by atoms with van der Waals surface area (Å²) < 4.78 is 18.6. The van der Waals surface area contributed by atoms with Crippen molar-refractivity contribution in [1.82, 2.24) is 5.32 Å². The number of fused-ring (bicyclic) bond motifs is 1. The number of aliphatic hydroxyl groups excluding tert-OH is 1. The van der Waals surface area contributed by atoms with Gasteiger partial charge in [0, 0.05) is 18.2 Å². The van der Waals surface area contributed by atoms with Crippen molar-refractivity contribution in [2.75, 3.05) is 13.2 Å². The van der Waals surface area contributed by atoms with Gasteiger partial charge >= 0.3 is 0 Å². The Labute approximate surface area is 117 Å². The molecule has 1 amide bonds. The first-order valence-electron chi connectivity index (χ1n) is 6.68. The van der Waals surface area contributed by atoms with Crippen molar-refractivity contribution in [1.29, 1.82) is 0 Å². The lowest BCUT2D eigenvalue weighted by atomic mass is 10.1. The predicted octanol–water partition coefficient (Wildman–Crippen LogP) is 1.88. The van der Waals surface area contributed by atoms with Crippen LogP contribution in [0.15, 0.2) is 23.8 Å². The van der Waals surface area contributed by atoms with Gasteiger partial charge in [0.25, 0.3) is 5.91 Å². The molecule has 1 unspecified atom stereocenters. The number of carbonyl (C=O) groups excluding carboxylic acids is 1. The SMILES string of the molecule is CCC(CCO)NC(=O)C1=Cc2cc(F)ccc2OC1. The van der Waals surface area contributed by atoms with E-state index in [-0.39, 0.29) is 31.0 Å². The number of halogens is 1. The molecule has 1 aromatic carbocycles. The Morgan fingerprint density at radius 1 is 1.55 bits per heavy atom. The fraction of sp³-hybridized carbons (Fsp3) is 0.400. The highest BCUT2D eigenvalue weighted by atomic mass is 19.1. The van der Waals surface area contributed by atoms with Crippen LogP contribution >= 0.6 is 0 Å². The Bertz CT molecular complexity index is 528. The average Bonchev–Trinajstić information content (AvgIpc) is 2.45. The third kappa shape index (κ3) is 3.36. The second-order valence-electron chi connectivity index (χ2n) is 4.73. The number of aliphatic hydroxyl groups is 1. The molecule has 0 saturated carbocycles. The van der Waals surface area contributed by atoms with E-state index < -0.39 is 0 Å². The van der Waals surface area contributed by atoms with Gasteiger partial charge in [0.05, 0.1) is 5.57 Å². The number of carbonyl (C=O) groups is 1. The number of benzene rings is 1. The Morgan fingerprint density at radius 2 is 2.35 bits per heavy atom. The molecule has 0 aromatic heterocycles. The minimum atomic E-state index is -0.364. The van der Waals surface area contributed by atoms with Gasteiger partial charge in [0.15, 0.2) is 0 Å². The molecule has 0 fully saturated rings. The summed E-state index contributed by atoms with van der Waals surface area (Å²) in [6.45, 7) is 2.14. The van der Waals surface area contributed by atoms with Gasteiger partial charge in [-0.3, -0.25) is 4.79 Å². The van der Waals surface area contributed by atoms with Gasteiger partial charge in [-0.05, 0) is 37.1 Å². The molecule has 108 valence electrons. The zero-order valence-electron chi connectivity index (χ0n) is 11.4. The van der Waals surface area contributed by atoms with Crippen molar-refractivity contribution < 1.29 is 19.0 Å². The van der Waals surface area contributed by atoms with Gasteiger partial charge in [0.2, 0.25) is 0 Å². The second-order valence-corrected chi connectivity index (χ2v) is 4.73. The first-order chi connectivity index (χ1) is 9.63. The lowest BCUT2D eigenvalue weighted by molar-refractivity contribution is -0.118.